The molecule has 0 radical (unpaired) electrons. The number of aliphatic carboxylic acids is 1. The third-order valence-electron chi connectivity index (χ3n) is 7.34. The first-order chi connectivity index (χ1) is 17.2. The Bertz CT molecular complexity index is 948. The molecule has 7 nitrogen and oxygen atoms in total. The minimum atomic E-state index is -1.11. The van der Waals surface area contributed by atoms with E-state index in [4.69, 9.17) is 0 Å². The topological polar surface area (TPSA) is 116 Å². The average molecular weight is 515 g/mol. The van der Waals surface area contributed by atoms with Gasteiger partial charge in [-0.05, 0) is 48.0 Å². The summed E-state index contributed by atoms with van der Waals surface area (Å²) in [6.07, 6.45) is 3.76. The van der Waals surface area contributed by atoms with Crippen molar-refractivity contribution in [3.8, 4) is 0 Å². The summed E-state index contributed by atoms with van der Waals surface area (Å²) in [4.78, 5) is 37.6. The molecule has 0 aromatic heterocycles. The van der Waals surface area contributed by atoms with Gasteiger partial charge in [0.25, 0.3) is 0 Å². The summed E-state index contributed by atoms with van der Waals surface area (Å²) >= 11 is 0. The number of aliphatic hydroxyl groups excluding tert-OH is 1. The van der Waals surface area contributed by atoms with Gasteiger partial charge in [-0.3, -0.25) is 9.59 Å². The second-order valence-electron chi connectivity index (χ2n) is 12.1. The molecule has 0 spiro atoms. The van der Waals surface area contributed by atoms with Crippen LogP contribution in [0.1, 0.15) is 73.3 Å². The van der Waals surface area contributed by atoms with Crippen LogP contribution in [0.4, 0.5) is 0 Å². The van der Waals surface area contributed by atoms with Crippen molar-refractivity contribution in [3.05, 3.63) is 47.5 Å². The number of amides is 2. The molecule has 0 fully saturated rings. The van der Waals surface area contributed by atoms with E-state index in [1.54, 1.807) is 13.8 Å². The third-order valence-corrected chi connectivity index (χ3v) is 7.34. The van der Waals surface area contributed by atoms with Crippen molar-refractivity contribution < 1.29 is 24.6 Å². The highest BCUT2D eigenvalue weighted by Crippen LogP contribution is 2.38. The number of aliphatic hydroxyl groups is 1. The SMILES string of the molecule is CC(C)[C@H](NC(=O)[C@@H](NC(=O)CC1CCC(C(C)(C)C)=CC(Cc2ccccc2)C1O)C(C)C)C(=O)O. The normalized spacial score (nSPS) is 22.1. The van der Waals surface area contributed by atoms with Crippen molar-refractivity contribution in [1.29, 1.82) is 0 Å². The van der Waals surface area contributed by atoms with E-state index in [9.17, 15) is 24.6 Å². The summed E-state index contributed by atoms with van der Waals surface area (Å²) in [7, 11) is 0. The maximum Gasteiger partial charge on any atom is 0.326 e. The minimum Gasteiger partial charge on any atom is -0.480 e. The number of allylic oxidation sites excluding steroid dienone is 1. The Balaban J connectivity index is 2.17. The molecule has 206 valence electrons. The van der Waals surface area contributed by atoms with Gasteiger partial charge in [0.15, 0.2) is 0 Å². The number of benzene rings is 1. The van der Waals surface area contributed by atoms with Crippen LogP contribution >= 0.6 is 0 Å². The van der Waals surface area contributed by atoms with Crippen molar-refractivity contribution in [2.75, 3.05) is 0 Å². The number of hydrogen-bond acceptors (Lipinski definition) is 4. The van der Waals surface area contributed by atoms with E-state index >= 15 is 0 Å². The predicted molar refractivity (Wildman–Crippen MR) is 146 cm³/mol. The molecular formula is C30H46N2O5. The first kappa shape index (κ1) is 30.6. The number of hydrogen-bond donors (Lipinski definition) is 4. The van der Waals surface area contributed by atoms with Crippen molar-refractivity contribution in [2.24, 2.45) is 29.1 Å². The van der Waals surface area contributed by atoms with Crippen molar-refractivity contribution in [3.63, 3.8) is 0 Å². The van der Waals surface area contributed by atoms with Crippen LogP contribution in [-0.4, -0.2) is 46.2 Å². The van der Waals surface area contributed by atoms with Gasteiger partial charge in [-0.2, -0.15) is 0 Å². The number of carboxylic acid groups (broad SMARTS) is 1. The van der Waals surface area contributed by atoms with Gasteiger partial charge in [-0.1, -0.05) is 90.4 Å². The van der Waals surface area contributed by atoms with Gasteiger partial charge in [0.2, 0.25) is 11.8 Å². The molecule has 3 unspecified atom stereocenters. The zero-order valence-electron chi connectivity index (χ0n) is 23.5. The molecule has 1 aliphatic carbocycles. The Hall–Kier alpha value is -2.67. The Kier molecular flexibility index (Phi) is 10.9. The lowest BCUT2D eigenvalue weighted by Crippen LogP contribution is -2.55. The van der Waals surface area contributed by atoms with Crippen LogP contribution in [0, 0.1) is 29.1 Å². The summed E-state index contributed by atoms with van der Waals surface area (Å²) in [6, 6.07) is 8.16. The Morgan fingerprint density at radius 1 is 0.973 bits per heavy atom. The van der Waals surface area contributed by atoms with Crippen LogP contribution in [0.3, 0.4) is 0 Å². The largest absolute Gasteiger partial charge is 0.480 e. The molecule has 1 aliphatic rings. The van der Waals surface area contributed by atoms with E-state index in [2.05, 4.69) is 49.6 Å². The fourth-order valence-corrected chi connectivity index (χ4v) is 4.98. The summed E-state index contributed by atoms with van der Waals surface area (Å²) in [5.74, 6) is -2.84. The minimum absolute atomic E-state index is 0.0380. The maximum atomic E-state index is 13.1. The maximum absolute atomic E-state index is 13.1. The Morgan fingerprint density at radius 2 is 1.57 bits per heavy atom. The van der Waals surface area contributed by atoms with E-state index in [0.29, 0.717) is 12.8 Å². The molecule has 5 atom stereocenters. The van der Waals surface area contributed by atoms with Crippen LogP contribution < -0.4 is 10.6 Å². The number of carboxylic acids is 1. The number of rotatable bonds is 10. The molecule has 2 rings (SSSR count). The molecule has 0 aliphatic heterocycles. The first-order valence-electron chi connectivity index (χ1n) is 13.5. The van der Waals surface area contributed by atoms with Gasteiger partial charge in [-0.15, -0.1) is 0 Å². The molecule has 0 saturated carbocycles. The lowest BCUT2D eigenvalue weighted by Gasteiger charge is -2.28. The second kappa shape index (κ2) is 13.2. The lowest BCUT2D eigenvalue weighted by molar-refractivity contribution is -0.143. The van der Waals surface area contributed by atoms with E-state index in [1.165, 1.54) is 5.57 Å². The van der Waals surface area contributed by atoms with Gasteiger partial charge in [0.1, 0.15) is 12.1 Å². The quantitative estimate of drug-likeness (QED) is 0.347. The molecule has 0 bridgehead atoms. The Morgan fingerprint density at radius 3 is 2.08 bits per heavy atom. The summed E-state index contributed by atoms with van der Waals surface area (Å²) in [5, 5.41) is 26.3. The molecule has 2 amide bonds. The monoisotopic (exact) mass is 514 g/mol. The van der Waals surface area contributed by atoms with Crippen LogP contribution in [0.2, 0.25) is 0 Å². The van der Waals surface area contributed by atoms with Gasteiger partial charge >= 0.3 is 5.97 Å². The number of carbonyl (C=O) groups excluding carboxylic acids is 2. The molecule has 0 heterocycles. The fraction of sp³-hybridized carbons (Fsp3) is 0.633. The number of nitrogens with one attached hydrogen (secondary N) is 2. The highest BCUT2D eigenvalue weighted by molar-refractivity contribution is 5.90. The van der Waals surface area contributed by atoms with Gasteiger partial charge < -0.3 is 20.8 Å². The van der Waals surface area contributed by atoms with Crippen LogP contribution in [0.5, 0.6) is 0 Å². The van der Waals surface area contributed by atoms with Crippen LogP contribution in [0.25, 0.3) is 0 Å². The molecule has 4 N–H and O–H groups in total. The predicted octanol–water partition coefficient (Wildman–Crippen LogP) is 4.35. The zero-order valence-corrected chi connectivity index (χ0v) is 23.5. The second-order valence-corrected chi connectivity index (χ2v) is 12.1. The molecule has 1 aromatic carbocycles. The summed E-state index contributed by atoms with van der Waals surface area (Å²) in [6.45, 7) is 13.6. The molecule has 7 heteroatoms. The average Bonchev–Trinajstić information content (AvgIpc) is 2.95. The Labute approximate surface area is 222 Å². The van der Waals surface area contributed by atoms with Crippen LogP contribution in [0.15, 0.2) is 42.0 Å². The van der Waals surface area contributed by atoms with E-state index in [0.717, 1.165) is 12.0 Å². The molecular weight excluding hydrogens is 468 g/mol. The summed E-state index contributed by atoms with van der Waals surface area (Å²) < 4.78 is 0. The smallest absolute Gasteiger partial charge is 0.326 e. The summed E-state index contributed by atoms with van der Waals surface area (Å²) in [5.41, 5.74) is 2.38. The lowest BCUT2D eigenvalue weighted by atomic mass is 9.82. The highest BCUT2D eigenvalue weighted by atomic mass is 16.4. The van der Waals surface area contributed by atoms with E-state index in [1.807, 2.05) is 32.0 Å². The fourth-order valence-electron chi connectivity index (χ4n) is 4.98. The number of carbonyl (C=O) groups is 3. The van der Waals surface area contributed by atoms with Crippen LogP contribution in [-0.2, 0) is 20.8 Å². The molecule has 37 heavy (non-hydrogen) atoms. The van der Waals surface area contributed by atoms with Crippen molar-refractivity contribution in [2.45, 2.75) is 92.3 Å². The standard InChI is InChI=1S/C30H46N2O5/c1-18(2)25(28(35)32-26(19(3)4)29(36)37)31-24(33)17-21-13-14-23(30(5,6)7)16-22(27(21)34)15-20-11-9-8-10-12-20/h8-12,16,18-19,21-22,25-27,34H,13-15,17H2,1-7H3,(H,31,33)(H,32,35)(H,36,37)/t21?,22?,25-,26-,27?/m0/s1. The van der Waals surface area contributed by atoms with Crippen molar-refractivity contribution >= 4 is 17.8 Å². The van der Waals surface area contributed by atoms with Crippen molar-refractivity contribution in [1.82, 2.24) is 10.6 Å². The van der Waals surface area contributed by atoms with E-state index < -0.39 is 30.1 Å². The zero-order chi connectivity index (χ0) is 27.9. The highest BCUT2D eigenvalue weighted by Gasteiger charge is 2.35. The third kappa shape index (κ3) is 8.99. The van der Waals surface area contributed by atoms with Gasteiger partial charge in [0, 0.05) is 12.3 Å². The van der Waals surface area contributed by atoms with E-state index in [-0.39, 0.29) is 41.4 Å². The first-order valence-corrected chi connectivity index (χ1v) is 13.5. The molecule has 1 aromatic rings. The molecule has 0 saturated heterocycles. The van der Waals surface area contributed by atoms with Gasteiger partial charge in [0.05, 0.1) is 6.10 Å². The van der Waals surface area contributed by atoms with Gasteiger partial charge in [-0.25, -0.2) is 4.79 Å².